The number of aromatic nitrogens is 1. The van der Waals surface area contributed by atoms with Crippen LogP contribution in [0.3, 0.4) is 0 Å². The van der Waals surface area contributed by atoms with Crippen molar-refractivity contribution in [3.05, 3.63) is 71.0 Å². The molecule has 0 spiro atoms. The smallest absolute Gasteiger partial charge is 0.308 e. The van der Waals surface area contributed by atoms with Crippen LogP contribution in [0.25, 0.3) is 0 Å². The van der Waals surface area contributed by atoms with Gasteiger partial charge in [-0.25, -0.2) is 14.2 Å². The van der Waals surface area contributed by atoms with Gasteiger partial charge in [-0.3, -0.25) is 10.1 Å². The van der Waals surface area contributed by atoms with E-state index >= 15 is 0 Å². The number of amides is 3. The summed E-state index contributed by atoms with van der Waals surface area (Å²) in [6.45, 7) is 0.615. The van der Waals surface area contributed by atoms with E-state index < -0.39 is 6.03 Å². The van der Waals surface area contributed by atoms with Crippen LogP contribution in [-0.4, -0.2) is 23.5 Å². The third-order valence-corrected chi connectivity index (χ3v) is 4.94. The summed E-state index contributed by atoms with van der Waals surface area (Å²) in [6, 6.07) is 12.7. The van der Waals surface area contributed by atoms with Crippen LogP contribution in [0.15, 0.2) is 53.9 Å². The SMILES string of the molecule is O=C(Nc1ccc(F)cc1)Nc1nc(C(=O)N2CCc3ccccc32)cs1. The number of halogens is 1. The van der Waals surface area contributed by atoms with Gasteiger partial charge < -0.3 is 10.2 Å². The lowest BCUT2D eigenvalue weighted by Gasteiger charge is -2.15. The molecule has 0 aliphatic carbocycles. The molecule has 3 aromatic rings. The fourth-order valence-corrected chi connectivity index (χ4v) is 3.59. The highest BCUT2D eigenvalue weighted by Gasteiger charge is 2.26. The molecule has 3 amide bonds. The Balaban J connectivity index is 1.42. The molecule has 0 saturated carbocycles. The zero-order chi connectivity index (χ0) is 18.8. The van der Waals surface area contributed by atoms with Crippen molar-refractivity contribution in [2.45, 2.75) is 6.42 Å². The maximum atomic E-state index is 12.9. The van der Waals surface area contributed by atoms with Crippen molar-refractivity contribution in [1.82, 2.24) is 4.98 Å². The van der Waals surface area contributed by atoms with Gasteiger partial charge in [0.05, 0.1) is 0 Å². The minimum absolute atomic E-state index is 0.191. The molecule has 0 unspecified atom stereocenters. The van der Waals surface area contributed by atoms with E-state index in [-0.39, 0.29) is 17.4 Å². The van der Waals surface area contributed by atoms with E-state index in [0.29, 0.717) is 17.4 Å². The number of carbonyl (C=O) groups excluding carboxylic acids is 2. The second-order valence-electron chi connectivity index (χ2n) is 5.96. The van der Waals surface area contributed by atoms with Crippen LogP contribution in [0.5, 0.6) is 0 Å². The van der Waals surface area contributed by atoms with E-state index in [1.54, 1.807) is 10.3 Å². The molecule has 2 aromatic carbocycles. The largest absolute Gasteiger partial charge is 0.325 e. The predicted octanol–water partition coefficient (Wildman–Crippen LogP) is 4.13. The van der Waals surface area contributed by atoms with Gasteiger partial charge in [0, 0.05) is 23.3 Å². The molecule has 27 heavy (non-hydrogen) atoms. The van der Waals surface area contributed by atoms with Crippen molar-refractivity contribution >= 4 is 39.8 Å². The first-order chi connectivity index (χ1) is 13.1. The second-order valence-corrected chi connectivity index (χ2v) is 6.82. The molecule has 8 heteroatoms. The first-order valence-corrected chi connectivity index (χ1v) is 9.17. The van der Waals surface area contributed by atoms with Crippen molar-refractivity contribution in [2.75, 3.05) is 22.1 Å². The van der Waals surface area contributed by atoms with Crippen molar-refractivity contribution in [2.24, 2.45) is 0 Å². The van der Waals surface area contributed by atoms with E-state index in [2.05, 4.69) is 15.6 Å². The van der Waals surface area contributed by atoms with Gasteiger partial charge in [-0.15, -0.1) is 11.3 Å². The second kappa shape index (κ2) is 7.16. The summed E-state index contributed by atoms with van der Waals surface area (Å²) in [5.74, 6) is -0.573. The molecule has 0 saturated heterocycles. The third-order valence-electron chi connectivity index (χ3n) is 4.18. The summed E-state index contributed by atoms with van der Waals surface area (Å²) in [7, 11) is 0. The van der Waals surface area contributed by atoms with Crippen LogP contribution in [-0.2, 0) is 6.42 Å². The highest BCUT2D eigenvalue weighted by molar-refractivity contribution is 7.14. The van der Waals surface area contributed by atoms with Gasteiger partial charge >= 0.3 is 6.03 Å². The van der Waals surface area contributed by atoms with Crippen LogP contribution in [0.2, 0.25) is 0 Å². The van der Waals surface area contributed by atoms with Crippen molar-refractivity contribution < 1.29 is 14.0 Å². The lowest BCUT2D eigenvalue weighted by atomic mass is 10.2. The summed E-state index contributed by atoms with van der Waals surface area (Å²) in [5.41, 5.74) is 2.78. The molecule has 4 rings (SSSR count). The highest BCUT2D eigenvalue weighted by Crippen LogP contribution is 2.29. The maximum Gasteiger partial charge on any atom is 0.325 e. The average Bonchev–Trinajstić information content (AvgIpc) is 3.30. The Morgan fingerprint density at radius 3 is 2.67 bits per heavy atom. The van der Waals surface area contributed by atoms with Gasteiger partial charge in [0.1, 0.15) is 11.5 Å². The Labute approximate surface area is 158 Å². The lowest BCUT2D eigenvalue weighted by Crippen LogP contribution is -2.29. The first-order valence-electron chi connectivity index (χ1n) is 8.29. The standard InChI is InChI=1S/C19H15FN4O2S/c20-13-5-7-14(8-6-13)21-18(26)23-19-22-15(11-27-19)17(25)24-10-9-12-3-1-2-4-16(12)24/h1-8,11H,9-10H2,(H2,21,22,23,26). The Kier molecular flexibility index (Phi) is 4.55. The summed E-state index contributed by atoms with van der Waals surface area (Å²) in [4.78, 5) is 30.7. The molecule has 136 valence electrons. The number of para-hydroxylation sites is 1. The normalized spacial score (nSPS) is 12.6. The van der Waals surface area contributed by atoms with E-state index in [9.17, 15) is 14.0 Å². The van der Waals surface area contributed by atoms with Crippen LogP contribution in [0, 0.1) is 5.82 Å². The number of hydrogen-bond donors (Lipinski definition) is 2. The molecule has 0 bridgehead atoms. The molecule has 0 radical (unpaired) electrons. The Bertz CT molecular complexity index is 1000. The number of rotatable bonds is 3. The summed E-state index contributed by atoms with van der Waals surface area (Å²) in [6.07, 6.45) is 0.817. The minimum atomic E-state index is -0.513. The molecule has 1 aromatic heterocycles. The Morgan fingerprint density at radius 2 is 1.85 bits per heavy atom. The molecule has 2 heterocycles. The van der Waals surface area contributed by atoms with Gasteiger partial charge in [0.15, 0.2) is 5.13 Å². The van der Waals surface area contributed by atoms with Crippen molar-refractivity contribution in [1.29, 1.82) is 0 Å². The number of anilines is 3. The number of nitrogens with one attached hydrogen (secondary N) is 2. The molecule has 6 nitrogen and oxygen atoms in total. The third kappa shape index (κ3) is 3.65. The zero-order valence-corrected chi connectivity index (χ0v) is 14.9. The van der Waals surface area contributed by atoms with Gasteiger partial charge in [-0.1, -0.05) is 18.2 Å². The van der Waals surface area contributed by atoms with E-state index in [1.807, 2.05) is 24.3 Å². The number of urea groups is 1. The quantitative estimate of drug-likeness (QED) is 0.715. The van der Waals surface area contributed by atoms with Crippen LogP contribution >= 0.6 is 11.3 Å². The molecule has 0 fully saturated rings. The van der Waals surface area contributed by atoms with E-state index in [0.717, 1.165) is 17.7 Å². The first kappa shape index (κ1) is 17.2. The van der Waals surface area contributed by atoms with E-state index in [4.69, 9.17) is 0 Å². The van der Waals surface area contributed by atoms with Crippen LogP contribution in [0.4, 0.5) is 25.7 Å². The number of benzene rings is 2. The predicted molar refractivity (Wildman–Crippen MR) is 103 cm³/mol. The molecule has 2 N–H and O–H groups in total. The minimum Gasteiger partial charge on any atom is -0.308 e. The van der Waals surface area contributed by atoms with E-state index in [1.165, 1.54) is 35.6 Å². The van der Waals surface area contributed by atoms with Gasteiger partial charge in [0.25, 0.3) is 5.91 Å². The number of carbonyl (C=O) groups is 2. The topological polar surface area (TPSA) is 74.3 Å². The maximum absolute atomic E-state index is 12.9. The molecule has 1 aliphatic rings. The Hall–Kier alpha value is -3.26. The summed E-state index contributed by atoms with van der Waals surface area (Å²) >= 11 is 1.17. The summed E-state index contributed by atoms with van der Waals surface area (Å²) in [5, 5.41) is 7.09. The van der Waals surface area contributed by atoms with Crippen molar-refractivity contribution in [3.8, 4) is 0 Å². The molecular weight excluding hydrogens is 367 g/mol. The molecule has 0 atom stereocenters. The lowest BCUT2D eigenvalue weighted by molar-refractivity contribution is 0.0985. The molecular formula is C19H15FN4O2S. The number of nitrogens with zero attached hydrogens (tertiary/aromatic N) is 2. The fraction of sp³-hybridized carbons (Fsp3) is 0.105. The van der Waals surface area contributed by atoms with Crippen LogP contribution in [0.1, 0.15) is 16.1 Å². The van der Waals surface area contributed by atoms with Crippen molar-refractivity contribution in [3.63, 3.8) is 0 Å². The Morgan fingerprint density at radius 1 is 1.07 bits per heavy atom. The van der Waals surface area contributed by atoms with Gasteiger partial charge in [-0.05, 0) is 42.3 Å². The number of fused-ring (bicyclic) bond motifs is 1. The van der Waals surface area contributed by atoms with Crippen LogP contribution < -0.4 is 15.5 Å². The highest BCUT2D eigenvalue weighted by atomic mass is 32.1. The molecule has 1 aliphatic heterocycles. The van der Waals surface area contributed by atoms with Gasteiger partial charge in [-0.2, -0.15) is 0 Å². The fourth-order valence-electron chi connectivity index (χ4n) is 2.91. The van der Waals surface area contributed by atoms with Gasteiger partial charge in [0.2, 0.25) is 0 Å². The monoisotopic (exact) mass is 382 g/mol. The number of hydrogen-bond acceptors (Lipinski definition) is 4. The average molecular weight is 382 g/mol. The summed E-state index contributed by atoms with van der Waals surface area (Å²) < 4.78 is 12.9. The number of thiazole rings is 1. The zero-order valence-electron chi connectivity index (χ0n) is 14.1.